The number of rotatable bonds is 7. The van der Waals surface area contributed by atoms with Crippen LogP contribution in [0.25, 0.3) is 0 Å². The summed E-state index contributed by atoms with van der Waals surface area (Å²) in [7, 11) is 0. The first-order chi connectivity index (χ1) is 9.73. The van der Waals surface area contributed by atoms with Gasteiger partial charge < -0.3 is 15.0 Å². The van der Waals surface area contributed by atoms with E-state index in [2.05, 4.69) is 11.9 Å². The molecule has 0 spiro atoms. The highest BCUT2D eigenvalue weighted by Crippen LogP contribution is 2.24. The third-order valence-corrected chi connectivity index (χ3v) is 3.90. The van der Waals surface area contributed by atoms with Crippen LogP contribution in [0, 0.1) is 5.92 Å². The Labute approximate surface area is 127 Å². The van der Waals surface area contributed by atoms with Crippen molar-refractivity contribution in [2.24, 2.45) is 5.92 Å². The van der Waals surface area contributed by atoms with Gasteiger partial charge in [-0.05, 0) is 26.2 Å². The second kappa shape index (κ2) is 7.07. The first-order valence-electron chi connectivity index (χ1n) is 7.58. The summed E-state index contributed by atoms with van der Waals surface area (Å²) in [6.07, 6.45) is 0.575. The maximum absolute atomic E-state index is 12.7. The summed E-state index contributed by atoms with van der Waals surface area (Å²) in [6.45, 7) is 14.6. The van der Waals surface area contributed by atoms with Gasteiger partial charge in [-0.2, -0.15) is 0 Å². The number of nitrogens with one attached hydrogen (secondary N) is 1. The van der Waals surface area contributed by atoms with Crippen molar-refractivity contribution < 1.29 is 14.3 Å². The molecule has 21 heavy (non-hydrogen) atoms. The fourth-order valence-electron chi connectivity index (χ4n) is 2.54. The summed E-state index contributed by atoms with van der Waals surface area (Å²) in [4.78, 5) is 26.7. The Bertz CT molecular complexity index is 420. The van der Waals surface area contributed by atoms with E-state index >= 15 is 0 Å². The lowest BCUT2D eigenvalue weighted by molar-refractivity contribution is -0.157. The average Bonchev–Trinajstić information content (AvgIpc) is 2.39. The van der Waals surface area contributed by atoms with Crippen LogP contribution < -0.4 is 5.32 Å². The Hall–Kier alpha value is -1.36. The molecule has 1 aliphatic heterocycles. The molecule has 1 rings (SSSR count). The topological polar surface area (TPSA) is 58.6 Å². The number of carbonyl (C=O) groups excluding carboxylic acids is 2. The fourth-order valence-corrected chi connectivity index (χ4v) is 2.54. The van der Waals surface area contributed by atoms with Crippen molar-refractivity contribution in [2.45, 2.75) is 52.6 Å². The van der Waals surface area contributed by atoms with Crippen LogP contribution >= 0.6 is 0 Å². The van der Waals surface area contributed by atoms with Crippen LogP contribution in [0.4, 0.5) is 0 Å². The number of piperazine rings is 1. The van der Waals surface area contributed by atoms with Gasteiger partial charge in [0.05, 0.1) is 13.2 Å². The SMILES string of the molecule is C=C(C)COCCN1C(=O)C(C)(CC)NC(=O)C1C(C)C. The predicted octanol–water partition coefficient (Wildman–Crippen LogP) is 1.73. The molecule has 5 heteroatoms. The Kier molecular flexibility index (Phi) is 5.96. The molecule has 1 aliphatic rings. The quantitative estimate of drug-likeness (QED) is 0.575. The Morgan fingerprint density at radius 1 is 1.48 bits per heavy atom. The van der Waals surface area contributed by atoms with E-state index in [0.717, 1.165) is 5.57 Å². The largest absolute Gasteiger partial charge is 0.375 e. The molecule has 1 N–H and O–H groups in total. The Balaban J connectivity index is 2.83. The minimum atomic E-state index is -0.809. The molecule has 0 bridgehead atoms. The first kappa shape index (κ1) is 17.7. The van der Waals surface area contributed by atoms with E-state index in [4.69, 9.17) is 4.74 Å². The molecule has 2 unspecified atom stereocenters. The van der Waals surface area contributed by atoms with Crippen molar-refractivity contribution in [3.8, 4) is 0 Å². The van der Waals surface area contributed by atoms with Gasteiger partial charge in [-0.25, -0.2) is 0 Å². The maximum atomic E-state index is 12.7. The van der Waals surface area contributed by atoms with E-state index in [-0.39, 0.29) is 17.7 Å². The zero-order chi connectivity index (χ0) is 16.2. The summed E-state index contributed by atoms with van der Waals surface area (Å²) >= 11 is 0. The van der Waals surface area contributed by atoms with E-state index in [1.54, 1.807) is 11.8 Å². The minimum absolute atomic E-state index is 0.0257. The molecule has 1 saturated heterocycles. The van der Waals surface area contributed by atoms with Gasteiger partial charge >= 0.3 is 0 Å². The molecular weight excluding hydrogens is 268 g/mol. The zero-order valence-electron chi connectivity index (χ0n) is 13.9. The number of amides is 2. The lowest BCUT2D eigenvalue weighted by Gasteiger charge is -2.45. The van der Waals surface area contributed by atoms with E-state index in [1.807, 2.05) is 27.7 Å². The number of hydrogen-bond acceptors (Lipinski definition) is 3. The van der Waals surface area contributed by atoms with Crippen molar-refractivity contribution >= 4 is 11.8 Å². The molecule has 5 nitrogen and oxygen atoms in total. The van der Waals surface area contributed by atoms with Crippen molar-refractivity contribution in [1.82, 2.24) is 10.2 Å². The third kappa shape index (κ3) is 4.06. The van der Waals surface area contributed by atoms with Crippen molar-refractivity contribution in [3.05, 3.63) is 12.2 Å². The van der Waals surface area contributed by atoms with Gasteiger partial charge in [-0.1, -0.05) is 32.9 Å². The number of carbonyl (C=O) groups is 2. The molecule has 0 aliphatic carbocycles. The minimum Gasteiger partial charge on any atom is -0.375 e. The Morgan fingerprint density at radius 2 is 2.10 bits per heavy atom. The van der Waals surface area contributed by atoms with Crippen LogP contribution in [0.5, 0.6) is 0 Å². The van der Waals surface area contributed by atoms with Gasteiger partial charge in [0, 0.05) is 6.54 Å². The van der Waals surface area contributed by atoms with Crippen LogP contribution in [0.2, 0.25) is 0 Å². The van der Waals surface area contributed by atoms with Crippen molar-refractivity contribution in [2.75, 3.05) is 19.8 Å². The summed E-state index contributed by atoms with van der Waals surface area (Å²) in [5.41, 5.74) is 0.133. The molecule has 0 saturated carbocycles. The van der Waals surface area contributed by atoms with Crippen LogP contribution in [-0.4, -0.2) is 48.1 Å². The third-order valence-electron chi connectivity index (χ3n) is 3.90. The predicted molar refractivity (Wildman–Crippen MR) is 82.8 cm³/mol. The molecule has 120 valence electrons. The van der Waals surface area contributed by atoms with E-state index in [0.29, 0.717) is 26.2 Å². The van der Waals surface area contributed by atoms with Gasteiger partial charge in [0.15, 0.2) is 0 Å². The van der Waals surface area contributed by atoms with Crippen molar-refractivity contribution in [1.29, 1.82) is 0 Å². The van der Waals surface area contributed by atoms with Gasteiger partial charge in [0.25, 0.3) is 0 Å². The Morgan fingerprint density at radius 3 is 2.57 bits per heavy atom. The molecule has 0 aromatic rings. The highest BCUT2D eigenvalue weighted by atomic mass is 16.5. The highest BCUT2D eigenvalue weighted by Gasteiger charge is 2.47. The summed E-state index contributed by atoms with van der Waals surface area (Å²) < 4.78 is 5.49. The first-order valence-corrected chi connectivity index (χ1v) is 7.58. The summed E-state index contributed by atoms with van der Waals surface area (Å²) in [6, 6.07) is -0.425. The molecular formula is C16H28N2O3. The zero-order valence-corrected chi connectivity index (χ0v) is 13.9. The van der Waals surface area contributed by atoms with E-state index < -0.39 is 11.6 Å². The lowest BCUT2D eigenvalue weighted by atomic mass is 9.88. The number of hydrogen-bond donors (Lipinski definition) is 1. The molecule has 0 aromatic carbocycles. The van der Waals surface area contributed by atoms with Crippen LogP contribution in [0.1, 0.15) is 41.0 Å². The van der Waals surface area contributed by atoms with Gasteiger partial charge in [0.2, 0.25) is 11.8 Å². The monoisotopic (exact) mass is 296 g/mol. The summed E-state index contributed by atoms with van der Waals surface area (Å²) in [5.74, 6) is -0.0347. The van der Waals surface area contributed by atoms with Gasteiger partial charge in [-0.15, -0.1) is 0 Å². The molecule has 2 amide bonds. The maximum Gasteiger partial charge on any atom is 0.248 e. The smallest absolute Gasteiger partial charge is 0.248 e. The fraction of sp³-hybridized carbons (Fsp3) is 0.750. The van der Waals surface area contributed by atoms with Crippen molar-refractivity contribution in [3.63, 3.8) is 0 Å². The standard InChI is InChI=1S/C16H28N2O3/c1-7-16(6)15(20)18(8-9-21-10-11(2)3)13(12(4)5)14(19)17-16/h12-13H,2,7-10H2,1,3-6H3,(H,17,19). The molecule has 1 heterocycles. The van der Waals surface area contributed by atoms with Gasteiger partial charge in [0.1, 0.15) is 11.6 Å². The molecule has 1 fully saturated rings. The lowest BCUT2D eigenvalue weighted by Crippen LogP contribution is -2.70. The average molecular weight is 296 g/mol. The highest BCUT2D eigenvalue weighted by molar-refractivity contribution is 5.99. The second-order valence-corrected chi connectivity index (χ2v) is 6.37. The normalized spacial score (nSPS) is 26.2. The number of ether oxygens (including phenoxy) is 1. The van der Waals surface area contributed by atoms with E-state index in [9.17, 15) is 9.59 Å². The van der Waals surface area contributed by atoms with Crippen LogP contribution in [0.3, 0.4) is 0 Å². The number of nitrogens with zero attached hydrogens (tertiary/aromatic N) is 1. The van der Waals surface area contributed by atoms with Crippen LogP contribution in [-0.2, 0) is 14.3 Å². The van der Waals surface area contributed by atoms with E-state index in [1.165, 1.54) is 0 Å². The second-order valence-electron chi connectivity index (χ2n) is 6.37. The summed E-state index contributed by atoms with van der Waals surface area (Å²) in [5, 5.41) is 2.88. The molecule has 0 radical (unpaired) electrons. The molecule has 0 aromatic heterocycles. The molecule has 2 atom stereocenters. The van der Waals surface area contributed by atoms with Crippen LogP contribution in [0.15, 0.2) is 12.2 Å². The van der Waals surface area contributed by atoms with Gasteiger partial charge in [-0.3, -0.25) is 9.59 Å².